The molecule has 0 bridgehead atoms. The molecule has 4 nitrogen and oxygen atoms in total. The number of Topliss-reactive ketones (excluding diaryl/α,β-unsaturated/α-hetero) is 1. The van der Waals surface area contributed by atoms with Crippen molar-refractivity contribution in [3.63, 3.8) is 0 Å². The molecule has 8 atom stereocenters. The fraction of sp³-hybridized carbons (Fsp3) is 0.794. The number of hydrogen-bond donors (Lipinski definition) is 1. The summed E-state index contributed by atoms with van der Waals surface area (Å²) in [4.78, 5) is 26.8. The molecule has 0 radical (unpaired) electrons. The number of allylic oxidation sites excluding steroid dienone is 3. The molecule has 4 aliphatic carbocycles. The summed E-state index contributed by atoms with van der Waals surface area (Å²) in [7, 11) is 0. The van der Waals surface area contributed by atoms with Crippen LogP contribution in [0, 0.1) is 62.1 Å². The predicted molar refractivity (Wildman–Crippen MR) is 154 cm³/mol. The molecule has 0 aromatic carbocycles. The summed E-state index contributed by atoms with van der Waals surface area (Å²) in [6.45, 7) is 18.1. The van der Waals surface area contributed by atoms with E-state index in [1.54, 1.807) is 0 Å². The summed E-state index contributed by atoms with van der Waals surface area (Å²) >= 11 is 0. The molecule has 41 heavy (non-hydrogen) atoms. The number of rotatable bonds is 6. The fourth-order valence-electron chi connectivity index (χ4n) is 10.6. The summed E-state index contributed by atoms with van der Waals surface area (Å²) in [5.74, 6) is -0.135. The third-order valence-corrected chi connectivity index (χ3v) is 12.9. The van der Waals surface area contributed by atoms with Crippen LogP contribution in [0.25, 0.3) is 0 Å². The summed E-state index contributed by atoms with van der Waals surface area (Å²) in [6.07, 6.45) is 4.77. The van der Waals surface area contributed by atoms with Gasteiger partial charge in [0.1, 0.15) is 12.6 Å². The van der Waals surface area contributed by atoms with Gasteiger partial charge >= 0.3 is 6.18 Å². The van der Waals surface area contributed by atoms with Crippen molar-refractivity contribution in [1.29, 1.82) is 5.26 Å². The molecule has 0 aromatic rings. The monoisotopic (exact) mass is 574 g/mol. The number of nitrogens with one attached hydrogen (secondary N) is 1. The molecule has 1 unspecified atom stereocenters. The molecule has 228 valence electrons. The topological polar surface area (TPSA) is 70.0 Å². The Labute approximate surface area is 244 Å². The van der Waals surface area contributed by atoms with E-state index in [1.165, 1.54) is 0 Å². The van der Waals surface area contributed by atoms with E-state index in [9.17, 15) is 28.0 Å². The molecule has 0 saturated heterocycles. The predicted octanol–water partition coefficient (Wildman–Crippen LogP) is 8.34. The standard InChI is InChI=1S/C34H49F3N2O2/c1-9-10-26-31(7)17-22(19-38)27(40)29(4,5)25(31)12-13-32(26,8)30(6)15-16-33(28(41)39-20-34(35,36)37)14-11-23(21(2)3)24(33)18-30/h17,23-26H,2,9-16,18,20H2,1,3-8H3,(H,39,41)/t23?,24-,25-,26+,30+,31-,32+,33-/m0/s1. The zero-order valence-corrected chi connectivity index (χ0v) is 26.1. The molecular weight excluding hydrogens is 525 g/mol. The Morgan fingerprint density at radius 2 is 1.78 bits per heavy atom. The molecule has 1 N–H and O–H groups in total. The maximum absolute atomic E-state index is 13.5. The van der Waals surface area contributed by atoms with Crippen LogP contribution < -0.4 is 5.32 Å². The molecule has 3 fully saturated rings. The van der Waals surface area contributed by atoms with Gasteiger partial charge in [-0.2, -0.15) is 18.4 Å². The number of carbonyl (C=O) groups is 2. The Kier molecular flexibility index (Phi) is 7.97. The number of alkyl halides is 3. The van der Waals surface area contributed by atoms with E-state index in [1.807, 2.05) is 26.8 Å². The molecule has 0 heterocycles. The first kappa shape index (κ1) is 31.8. The molecule has 4 aliphatic rings. The van der Waals surface area contributed by atoms with Crippen molar-refractivity contribution >= 4 is 11.7 Å². The van der Waals surface area contributed by atoms with Crippen molar-refractivity contribution in [3.8, 4) is 6.07 Å². The Balaban J connectivity index is 1.76. The lowest BCUT2D eigenvalue weighted by Crippen LogP contribution is -2.62. The summed E-state index contributed by atoms with van der Waals surface area (Å²) in [5.41, 5.74) is -0.800. The van der Waals surface area contributed by atoms with E-state index in [4.69, 9.17) is 0 Å². The lowest BCUT2D eigenvalue weighted by molar-refractivity contribution is -0.173. The molecule has 7 heteroatoms. The van der Waals surface area contributed by atoms with Gasteiger partial charge in [0, 0.05) is 5.41 Å². The largest absolute Gasteiger partial charge is 0.405 e. The van der Waals surface area contributed by atoms with Crippen LogP contribution in [0.4, 0.5) is 13.2 Å². The van der Waals surface area contributed by atoms with E-state index in [0.717, 1.165) is 50.5 Å². The van der Waals surface area contributed by atoms with Crippen molar-refractivity contribution in [3.05, 3.63) is 23.8 Å². The number of nitrogens with zero attached hydrogens (tertiary/aromatic N) is 1. The van der Waals surface area contributed by atoms with E-state index in [2.05, 4.69) is 45.7 Å². The number of fused-ring (bicyclic) bond motifs is 2. The molecule has 0 spiro atoms. The molecule has 3 saturated carbocycles. The van der Waals surface area contributed by atoms with E-state index < -0.39 is 29.5 Å². The molecule has 4 rings (SSSR count). The Morgan fingerprint density at radius 1 is 1.12 bits per heavy atom. The molecular formula is C34H49F3N2O2. The minimum Gasteiger partial charge on any atom is -0.346 e. The van der Waals surface area contributed by atoms with Crippen LogP contribution in [0.3, 0.4) is 0 Å². The first-order chi connectivity index (χ1) is 18.8. The van der Waals surface area contributed by atoms with Crippen LogP contribution in [-0.2, 0) is 9.59 Å². The Bertz CT molecular complexity index is 1180. The number of nitriles is 1. The van der Waals surface area contributed by atoms with Gasteiger partial charge in [-0.25, -0.2) is 0 Å². The number of hydrogen-bond acceptors (Lipinski definition) is 3. The zero-order valence-electron chi connectivity index (χ0n) is 26.1. The molecule has 0 aliphatic heterocycles. The summed E-state index contributed by atoms with van der Waals surface area (Å²) in [6, 6.07) is 2.21. The van der Waals surface area contributed by atoms with Crippen LogP contribution in [0.2, 0.25) is 0 Å². The van der Waals surface area contributed by atoms with Gasteiger partial charge in [-0.15, -0.1) is 0 Å². The third kappa shape index (κ3) is 4.80. The van der Waals surface area contributed by atoms with E-state index >= 15 is 0 Å². The van der Waals surface area contributed by atoms with Crippen LogP contribution in [0.5, 0.6) is 0 Å². The number of ketones is 1. The average Bonchev–Trinajstić information content (AvgIpc) is 3.26. The molecule has 1 amide bonds. The van der Waals surface area contributed by atoms with E-state index in [0.29, 0.717) is 12.8 Å². The SMILES string of the molecule is C=C(C)C1CC[C@]2(C(=O)NCC(F)(F)F)CC[C@@](C)([C@]3(C)CC[C@H]4C(C)(C)C(=O)C(C#N)=C[C@]4(C)[C@H]3CCC)C[C@@H]12. The lowest BCUT2D eigenvalue weighted by atomic mass is 9.37. The highest BCUT2D eigenvalue weighted by atomic mass is 19.4. The summed E-state index contributed by atoms with van der Waals surface area (Å²) in [5, 5.41) is 12.2. The van der Waals surface area contributed by atoms with Gasteiger partial charge in [0.2, 0.25) is 5.91 Å². The van der Waals surface area contributed by atoms with E-state index in [-0.39, 0.29) is 51.3 Å². The van der Waals surface area contributed by atoms with Gasteiger partial charge in [-0.1, -0.05) is 66.2 Å². The second kappa shape index (κ2) is 10.3. The normalized spacial score (nSPS) is 42.0. The maximum atomic E-state index is 13.5. The second-order valence-electron chi connectivity index (χ2n) is 15.3. The van der Waals surface area contributed by atoms with Gasteiger partial charge < -0.3 is 5.32 Å². The van der Waals surface area contributed by atoms with Crippen LogP contribution >= 0.6 is 0 Å². The van der Waals surface area contributed by atoms with Crippen LogP contribution in [-0.4, -0.2) is 24.4 Å². The quantitative estimate of drug-likeness (QED) is 0.324. The maximum Gasteiger partial charge on any atom is 0.405 e. The second-order valence-corrected chi connectivity index (χ2v) is 15.3. The highest BCUT2D eigenvalue weighted by Crippen LogP contribution is 2.72. The van der Waals surface area contributed by atoms with Gasteiger partial charge in [0.25, 0.3) is 0 Å². The zero-order chi connectivity index (χ0) is 30.8. The lowest BCUT2D eigenvalue weighted by Gasteiger charge is -2.66. The smallest absolute Gasteiger partial charge is 0.346 e. The van der Waals surface area contributed by atoms with Crippen molar-refractivity contribution < 1.29 is 22.8 Å². The van der Waals surface area contributed by atoms with Gasteiger partial charge in [-0.05, 0) is 98.2 Å². The van der Waals surface area contributed by atoms with Crippen molar-refractivity contribution in [2.24, 2.45) is 50.7 Å². The highest BCUT2D eigenvalue weighted by molar-refractivity contribution is 6.04. The number of halogens is 3. The van der Waals surface area contributed by atoms with Gasteiger partial charge in [0.15, 0.2) is 5.78 Å². The Hall–Kier alpha value is -2.10. The number of carbonyl (C=O) groups excluding carboxylic acids is 2. The van der Waals surface area contributed by atoms with Gasteiger partial charge in [-0.3, -0.25) is 9.59 Å². The van der Waals surface area contributed by atoms with Crippen molar-refractivity contribution in [2.75, 3.05) is 6.54 Å². The first-order valence-electron chi connectivity index (χ1n) is 15.5. The minimum atomic E-state index is -4.45. The Morgan fingerprint density at radius 3 is 2.34 bits per heavy atom. The summed E-state index contributed by atoms with van der Waals surface area (Å²) < 4.78 is 39.3. The van der Waals surface area contributed by atoms with Crippen molar-refractivity contribution in [2.45, 2.75) is 112 Å². The highest BCUT2D eigenvalue weighted by Gasteiger charge is 2.67. The first-order valence-corrected chi connectivity index (χ1v) is 15.5. The average molecular weight is 575 g/mol. The van der Waals surface area contributed by atoms with Crippen LogP contribution in [0.1, 0.15) is 106 Å². The third-order valence-electron chi connectivity index (χ3n) is 12.9. The minimum absolute atomic E-state index is 0.0601. The number of amides is 1. The van der Waals surface area contributed by atoms with Crippen molar-refractivity contribution in [1.82, 2.24) is 5.32 Å². The fourth-order valence-corrected chi connectivity index (χ4v) is 10.6. The molecule has 0 aromatic heterocycles. The van der Waals surface area contributed by atoms with Crippen LogP contribution in [0.15, 0.2) is 23.8 Å². The van der Waals surface area contributed by atoms with Gasteiger partial charge in [0.05, 0.1) is 11.0 Å².